The molecule has 0 aromatic rings. The van der Waals surface area contributed by atoms with Crippen molar-refractivity contribution in [3.8, 4) is 0 Å². The van der Waals surface area contributed by atoms with Gasteiger partial charge >= 0.3 is 0 Å². The molecule has 0 aromatic carbocycles. The summed E-state index contributed by atoms with van der Waals surface area (Å²) in [6.45, 7) is 12.5. The molecule has 0 aliphatic heterocycles. The fourth-order valence-corrected chi connectivity index (χ4v) is 5.80. The Labute approximate surface area is 202 Å². The van der Waals surface area contributed by atoms with Crippen molar-refractivity contribution in [2.45, 2.75) is 91.3 Å². The maximum Gasteiger partial charge on any atom is 0.157 e. The highest BCUT2D eigenvalue weighted by molar-refractivity contribution is 7.38. The summed E-state index contributed by atoms with van der Waals surface area (Å²) in [6.07, 6.45) is 13.1. The smallest absolute Gasteiger partial charge is 0.157 e. The highest BCUT2D eigenvalue weighted by Gasteiger charge is 2.11. The highest BCUT2D eigenvalue weighted by atomic mass is 31.1. The van der Waals surface area contributed by atoms with Gasteiger partial charge in [0.15, 0.2) is 12.6 Å². The lowest BCUT2D eigenvalue weighted by molar-refractivity contribution is -0.136. The first-order chi connectivity index (χ1) is 15.7. The van der Waals surface area contributed by atoms with Gasteiger partial charge in [-0.25, -0.2) is 0 Å². The molecule has 0 bridgehead atoms. The molecular formula is C24H53NO5P2. The van der Waals surface area contributed by atoms with E-state index in [1.54, 1.807) is 0 Å². The third kappa shape index (κ3) is 21.2. The Morgan fingerprint density at radius 1 is 0.562 bits per heavy atom. The van der Waals surface area contributed by atoms with Crippen LogP contribution in [0.3, 0.4) is 0 Å². The molecule has 0 aliphatic carbocycles. The molecule has 0 fully saturated rings. The minimum Gasteiger partial charge on any atom is -0.378 e. The Kier molecular flexibility index (Phi) is 26.7. The predicted octanol–water partition coefficient (Wildman–Crippen LogP) is 5.22. The topological polar surface area (TPSA) is 72.2 Å². The Morgan fingerprint density at radius 2 is 1.06 bits per heavy atom. The van der Waals surface area contributed by atoms with E-state index in [1.165, 1.54) is 43.9 Å². The number of nitrogens with two attached hydrogens (primary N) is 1. The molecule has 0 saturated carbocycles. The summed E-state index contributed by atoms with van der Waals surface area (Å²) in [4.78, 5) is 0. The van der Waals surface area contributed by atoms with Crippen LogP contribution in [0.1, 0.15) is 72.6 Å². The first-order valence-corrected chi connectivity index (χ1v) is 15.7. The van der Waals surface area contributed by atoms with Crippen molar-refractivity contribution in [3.63, 3.8) is 0 Å². The van der Waals surface area contributed by atoms with Crippen LogP contribution in [0, 0.1) is 0 Å². The average molecular weight is 498 g/mol. The maximum absolute atomic E-state index is 6.14. The minimum absolute atomic E-state index is 0.0176. The number of hydrogen-bond acceptors (Lipinski definition) is 6. The molecule has 3 unspecified atom stereocenters. The van der Waals surface area contributed by atoms with Crippen molar-refractivity contribution >= 4 is 17.2 Å². The summed E-state index contributed by atoms with van der Waals surface area (Å²) in [5.74, 6) is 0. The minimum atomic E-state index is -0.0349. The highest BCUT2D eigenvalue weighted by Crippen LogP contribution is 2.22. The van der Waals surface area contributed by atoms with E-state index in [0.717, 1.165) is 62.7 Å². The van der Waals surface area contributed by atoms with E-state index in [9.17, 15) is 0 Å². The molecule has 0 spiro atoms. The zero-order chi connectivity index (χ0) is 23.7. The fraction of sp³-hybridized carbons (Fsp3) is 1.00. The number of unbranched alkanes of at least 4 members (excludes halogenated alkanes) is 1. The van der Waals surface area contributed by atoms with E-state index in [4.69, 9.17) is 29.4 Å². The van der Waals surface area contributed by atoms with Crippen molar-refractivity contribution < 1.29 is 23.7 Å². The second-order valence-electron chi connectivity index (χ2n) is 7.68. The van der Waals surface area contributed by atoms with E-state index >= 15 is 0 Å². The summed E-state index contributed by atoms with van der Waals surface area (Å²) < 4.78 is 28.7. The van der Waals surface area contributed by atoms with E-state index in [0.29, 0.717) is 25.9 Å². The summed E-state index contributed by atoms with van der Waals surface area (Å²) in [5.41, 5.74) is 5.64. The van der Waals surface area contributed by atoms with Crippen molar-refractivity contribution in [2.75, 3.05) is 64.2 Å². The Balaban J connectivity index is 3.95. The average Bonchev–Trinajstić information content (AvgIpc) is 2.78. The summed E-state index contributed by atoms with van der Waals surface area (Å²) in [7, 11) is 1.94. The van der Waals surface area contributed by atoms with Crippen LogP contribution in [-0.4, -0.2) is 82.9 Å². The molecule has 194 valence electrons. The lowest BCUT2D eigenvalue weighted by Gasteiger charge is -2.19. The van der Waals surface area contributed by atoms with Gasteiger partial charge < -0.3 is 29.4 Å². The molecule has 0 heterocycles. The van der Waals surface area contributed by atoms with Gasteiger partial charge in [-0.3, -0.25) is 0 Å². The molecule has 0 amide bonds. The summed E-state index contributed by atoms with van der Waals surface area (Å²) in [5, 5.41) is 0. The molecule has 0 rings (SSSR count). The molecular weight excluding hydrogens is 444 g/mol. The van der Waals surface area contributed by atoms with Crippen LogP contribution in [-0.2, 0) is 23.7 Å². The Morgan fingerprint density at radius 3 is 1.56 bits per heavy atom. The van der Waals surface area contributed by atoms with Crippen LogP contribution < -0.4 is 5.73 Å². The van der Waals surface area contributed by atoms with Crippen molar-refractivity contribution in [1.29, 1.82) is 0 Å². The van der Waals surface area contributed by atoms with Crippen molar-refractivity contribution in [3.05, 3.63) is 0 Å². The molecule has 0 radical (unpaired) electrons. The van der Waals surface area contributed by atoms with Gasteiger partial charge in [-0.2, -0.15) is 0 Å². The molecule has 8 heteroatoms. The largest absolute Gasteiger partial charge is 0.378 e. The molecule has 32 heavy (non-hydrogen) atoms. The van der Waals surface area contributed by atoms with Crippen molar-refractivity contribution in [2.24, 2.45) is 5.73 Å². The van der Waals surface area contributed by atoms with E-state index in [2.05, 4.69) is 0 Å². The summed E-state index contributed by atoms with van der Waals surface area (Å²) in [6, 6.07) is 0. The number of hydrogen-bond donors (Lipinski definition) is 1. The van der Waals surface area contributed by atoms with Gasteiger partial charge in [-0.15, -0.1) is 17.2 Å². The Bertz CT molecular complexity index is 357. The van der Waals surface area contributed by atoms with Gasteiger partial charge in [0.2, 0.25) is 0 Å². The molecule has 2 N–H and O–H groups in total. The third-order valence-corrected chi connectivity index (χ3v) is 7.63. The third-order valence-electron chi connectivity index (χ3n) is 5.00. The van der Waals surface area contributed by atoms with Crippen LogP contribution >= 0.6 is 17.2 Å². The predicted molar refractivity (Wildman–Crippen MR) is 141 cm³/mol. The van der Waals surface area contributed by atoms with Crippen LogP contribution in [0.2, 0.25) is 0 Å². The first kappa shape index (κ1) is 32.6. The Hall–Kier alpha value is 0.620. The maximum atomic E-state index is 6.14. The van der Waals surface area contributed by atoms with E-state index in [-0.39, 0.29) is 12.6 Å². The standard InChI is InChI=1S/C24H53NO5P2/c1-5-26-23(27-6-2)14-20-31-18-10-9-12-22(30-17-11-16-25)13-19-32-21-15-24(28-7-3)29-8-4/h22-24,31-32H,5-21,25H2,1-4H3. The molecule has 3 atom stereocenters. The lowest BCUT2D eigenvalue weighted by Crippen LogP contribution is -2.18. The SMILES string of the molecule is CCOC(CCPCCCCC(CCPCCC(OCC)OCC)OCCCN)OCC. The molecule has 6 nitrogen and oxygen atoms in total. The van der Waals surface area contributed by atoms with E-state index < -0.39 is 0 Å². The molecule has 0 aromatic heterocycles. The summed E-state index contributed by atoms with van der Waals surface area (Å²) >= 11 is 0. The second-order valence-corrected chi connectivity index (χ2v) is 10.7. The number of rotatable bonds is 26. The van der Waals surface area contributed by atoms with Crippen LogP contribution in [0.4, 0.5) is 0 Å². The van der Waals surface area contributed by atoms with Gasteiger partial charge in [-0.05, 0) is 84.6 Å². The van der Waals surface area contributed by atoms with Gasteiger partial charge in [-0.1, -0.05) is 6.42 Å². The van der Waals surface area contributed by atoms with Crippen LogP contribution in [0.5, 0.6) is 0 Å². The van der Waals surface area contributed by atoms with Gasteiger partial charge in [0, 0.05) is 45.9 Å². The monoisotopic (exact) mass is 497 g/mol. The zero-order valence-corrected chi connectivity index (χ0v) is 23.4. The fourth-order valence-electron chi connectivity index (χ4n) is 3.39. The van der Waals surface area contributed by atoms with Crippen LogP contribution in [0.25, 0.3) is 0 Å². The molecule has 0 saturated heterocycles. The van der Waals surface area contributed by atoms with Crippen molar-refractivity contribution in [1.82, 2.24) is 0 Å². The lowest BCUT2D eigenvalue weighted by atomic mass is 10.1. The molecule has 0 aliphatic rings. The van der Waals surface area contributed by atoms with Gasteiger partial charge in [0.1, 0.15) is 0 Å². The number of ether oxygens (including phenoxy) is 5. The first-order valence-electron chi connectivity index (χ1n) is 12.9. The second kappa shape index (κ2) is 26.2. The van der Waals surface area contributed by atoms with Gasteiger partial charge in [0.05, 0.1) is 6.10 Å². The normalized spacial score (nSPS) is 13.6. The van der Waals surface area contributed by atoms with Crippen LogP contribution in [0.15, 0.2) is 0 Å². The quantitative estimate of drug-likeness (QED) is 0.100. The van der Waals surface area contributed by atoms with Gasteiger partial charge in [0.25, 0.3) is 0 Å². The van der Waals surface area contributed by atoms with E-state index in [1.807, 2.05) is 27.7 Å². The zero-order valence-electron chi connectivity index (χ0n) is 21.4.